The van der Waals surface area contributed by atoms with Crippen LogP contribution in [0.25, 0.3) is 21.9 Å². The number of anilines is 5. The van der Waals surface area contributed by atoms with Gasteiger partial charge in [0.1, 0.15) is 0 Å². The van der Waals surface area contributed by atoms with E-state index in [2.05, 4.69) is 199 Å². The SMILES string of the molecule is Cc1ccc(-c2ccc(N(C3=CC=C4C=CC=CC4C3)c3ccc(N(c4ccccc4)c4ccc5ccccc5c4)cc3)cc2)cc1. The van der Waals surface area contributed by atoms with Crippen molar-refractivity contribution in [2.75, 3.05) is 9.80 Å². The molecule has 0 fully saturated rings. The van der Waals surface area contributed by atoms with Gasteiger partial charge in [-0.1, -0.05) is 121 Å². The molecule has 226 valence electrons. The fourth-order valence-corrected chi connectivity index (χ4v) is 6.74. The van der Waals surface area contributed by atoms with Crippen LogP contribution in [0, 0.1) is 12.8 Å². The highest BCUT2D eigenvalue weighted by atomic mass is 15.2. The summed E-state index contributed by atoms with van der Waals surface area (Å²) < 4.78 is 0. The Balaban J connectivity index is 1.19. The van der Waals surface area contributed by atoms with E-state index in [4.69, 9.17) is 0 Å². The fourth-order valence-electron chi connectivity index (χ4n) is 6.74. The summed E-state index contributed by atoms with van der Waals surface area (Å²) in [5, 5.41) is 2.47. The van der Waals surface area contributed by atoms with Crippen molar-refractivity contribution in [1.29, 1.82) is 0 Å². The van der Waals surface area contributed by atoms with Crippen molar-refractivity contribution in [3.63, 3.8) is 0 Å². The first kappa shape index (κ1) is 28.6. The van der Waals surface area contributed by atoms with Crippen LogP contribution in [0.15, 0.2) is 193 Å². The molecule has 0 heterocycles. The number of hydrogen-bond donors (Lipinski definition) is 0. The van der Waals surface area contributed by atoms with Gasteiger partial charge in [-0.3, -0.25) is 0 Å². The second-order valence-corrected chi connectivity index (χ2v) is 12.3. The van der Waals surface area contributed by atoms with Crippen LogP contribution in [0.3, 0.4) is 0 Å². The number of nitrogens with zero attached hydrogens (tertiary/aromatic N) is 2. The van der Waals surface area contributed by atoms with Crippen molar-refractivity contribution in [2.45, 2.75) is 13.3 Å². The number of para-hydroxylation sites is 1. The lowest BCUT2D eigenvalue weighted by atomic mass is 9.86. The molecule has 2 aliphatic carbocycles. The zero-order valence-electron chi connectivity index (χ0n) is 26.5. The summed E-state index contributed by atoms with van der Waals surface area (Å²) in [6.07, 6.45) is 14.4. The summed E-state index contributed by atoms with van der Waals surface area (Å²) in [4.78, 5) is 4.76. The summed E-state index contributed by atoms with van der Waals surface area (Å²) in [6, 6.07) is 52.7. The summed E-state index contributed by atoms with van der Waals surface area (Å²) in [6.45, 7) is 2.13. The Labute approximate surface area is 277 Å². The Bertz CT molecular complexity index is 2150. The molecule has 2 heteroatoms. The maximum atomic E-state index is 2.42. The van der Waals surface area contributed by atoms with E-state index in [0.717, 1.165) is 34.9 Å². The molecular formula is C45H36N2. The van der Waals surface area contributed by atoms with Gasteiger partial charge in [0.15, 0.2) is 0 Å². The highest BCUT2D eigenvalue weighted by Crippen LogP contribution is 2.41. The normalized spacial score (nSPS) is 15.1. The van der Waals surface area contributed by atoms with E-state index in [0.29, 0.717) is 5.92 Å². The monoisotopic (exact) mass is 604 g/mol. The highest BCUT2D eigenvalue weighted by Gasteiger charge is 2.23. The van der Waals surface area contributed by atoms with Crippen LogP contribution in [0.4, 0.5) is 28.4 Å². The first-order valence-electron chi connectivity index (χ1n) is 16.4. The first-order chi connectivity index (χ1) is 23.2. The van der Waals surface area contributed by atoms with Gasteiger partial charge in [-0.25, -0.2) is 0 Å². The molecule has 0 bridgehead atoms. The maximum absolute atomic E-state index is 2.42. The summed E-state index contributed by atoms with van der Waals surface area (Å²) in [5.74, 6) is 0.384. The smallest absolute Gasteiger partial charge is 0.0468 e. The zero-order valence-corrected chi connectivity index (χ0v) is 26.5. The van der Waals surface area contributed by atoms with Crippen LogP contribution in [0.1, 0.15) is 12.0 Å². The lowest BCUT2D eigenvalue weighted by Crippen LogP contribution is -2.21. The molecule has 0 saturated carbocycles. The summed E-state index contributed by atoms with van der Waals surface area (Å²) in [7, 11) is 0. The maximum Gasteiger partial charge on any atom is 0.0468 e. The molecule has 0 spiro atoms. The molecule has 0 amide bonds. The van der Waals surface area contributed by atoms with E-state index < -0.39 is 0 Å². The van der Waals surface area contributed by atoms with Crippen molar-refractivity contribution in [3.05, 3.63) is 199 Å². The number of rotatable bonds is 7. The Morgan fingerprint density at radius 3 is 1.79 bits per heavy atom. The highest BCUT2D eigenvalue weighted by molar-refractivity contribution is 5.89. The quantitative estimate of drug-likeness (QED) is 0.179. The number of aryl methyl sites for hydroxylation is 1. The average Bonchev–Trinajstić information content (AvgIpc) is 3.13. The van der Waals surface area contributed by atoms with E-state index in [9.17, 15) is 0 Å². The zero-order chi connectivity index (χ0) is 31.6. The molecule has 1 atom stereocenters. The van der Waals surface area contributed by atoms with Crippen LogP contribution in [0.2, 0.25) is 0 Å². The number of hydrogen-bond acceptors (Lipinski definition) is 2. The Morgan fingerprint density at radius 2 is 1.06 bits per heavy atom. The predicted molar refractivity (Wildman–Crippen MR) is 200 cm³/mol. The third-order valence-electron chi connectivity index (χ3n) is 9.24. The van der Waals surface area contributed by atoms with Crippen molar-refractivity contribution in [2.24, 2.45) is 5.92 Å². The molecular weight excluding hydrogens is 569 g/mol. The minimum Gasteiger partial charge on any atom is -0.314 e. The lowest BCUT2D eigenvalue weighted by Gasteiger charge is -2.33. The number of allylic oxidation sites excluding steroid dienone is 8. The van der Waals surface area contributed by atoms with Gasteiger partial charge in [0.2, 0.25) is 0 Å². The van der Waals surface area contributed by atoms with Gasteiger partial charge in [0, 0.05) is 40.1 Å². The Hall–Kier alpha value is -5.86. The second kappa shape index (κ2) is 12.5. The molecule has 0 aliphatic heterocycles. The van der Waals surface area contributed by atoms with E-state index in [-0.39, 0.29) is 0 Å². The minimum atomic E-state index is 0.384. The van der Waals surface area contributed by atoms with E-state index >= 15 is 0 Å². The van der Waals surface area contributed by atoms with Gasteiger partial charge in [-0.15, -0.1) is 0 Å². The van der Waals surface area contributed by atoms with E-state index in [1.165, 1.54) is 38.7 Å². The molecule has 6 aromatic carbocycles. The molecule has 0 aromatic heterocycles. The summed E-state index contributed by atoms with van der Waals surface area (Å²) >= 11 is 0. The van der Waals surface area contributed by atoms with Crippen LogP contribution in [0.5, 0.6) is 0 Å². The number of benzene rings is 6. The van der Waals surface area contributed by atoms with Crippen molar-refractivity contribution >= 4 is 39.2 Å². The fraction of sp³-hybridized carbons (Fsp3) is 0.0667. The van der Waals surface area contributed by atoms with Crippen LogP contribution in [-0.4, -0.2) is 0 Å². The second-order valence-electron chi connectivity index (χ2n) is 12.3. The van der Waals surface area contributed by atoms with E-state index in [1.807, 2.05) is 0 Å². The van der Waals surface area contributed by atoms with Gasteiger partial charge in [-0.2, -0.15) is 0 Å². The number of fused-ring (bicyclic) bond motifs is 2. The molecule has 47 heavy (non-hydrogen) atoms. The molecule has 0 N–H and O–H groups in total. The van der Waals surface area contributed by atoms with Gasteiger partial charge in [0.25, 0.3) is 0 Å². The molecule has 2 nitrogen and oxygen atoms in total. The summed E-state index contributed by atoms with van der Waals surface area (Å²) in [5.41, 5.74) is 12.1. The predicted octanol–water partition coefficient (Wildman–Crippen LogP) is 12.4. The van der Waals surface area contributed by atoms with Gasteiger partial charge >= 0.3 is 0 Å². The molecule has 1 unspecified atom stereocenters. The molecule has 0 radical (unpaired) electrons. The van der Waals surface area contributed by atoms with Crippen LogP contribution in [-0.2, 0) is 0 Å². The van der Waals surface area contributed by atoms with Crippen molar-refractivity contribution in [1.82, 2.24) is 0 Å². The third-order valence-corrected chi connectivity index (χ3v) is 9.24. The largest absolute Gasteiger partial charge is 0.314 e. The van der Waals surface area contributed by atoms with Gasteiger partial charge in [0.05, 0.1) is 0 Å². The minimum absolute atomic E-state index is 0.384. The van der Waals surface area contributed by atoms with Crippen molar-refractivity contribution in [3.8, 4) is 11.1 Å². The molecule has 2 aliphatic rings. The van der Waals surface area contributed by atoms with Crippen LogP contribution >= 0.6 is 0 Å². The van der Waals surface area contributed by atoms with Crippen LogP contribution < -0.4 is 9.80 Å². The Morgan fingerprint density at radius 1 is 0.489 bits per heavy atom. The topological polar surface area (TPSA) is 6.48 Å². The van der Waals surface area contributed by atoms with E-state index in [1.54, 1.807) is 0 Å². The Kier molecular flexibility index (Phi) is 7.61. The molecule has 8 rings (SSSR count). The van der Waals surface area contributed by atoms with Gasteiger partial charge in [-0.05, 0) is 108 Å². The molecule has 6 aromatic rings. The first-order valence-corrected chi connectivity index (χ1v) is 16.4. The lowest BCUT2D eigenvalue weighted by molar-refractivity contribution is 0.732. The average molecular weight is 605 g/mol. The van der Waals surface area contributed by atoms with Crippen molar-refractivity contribution < 1.29 is 0 Å². The van der Waals surface area contributed by atoms with Gasteiger partial charge < -0.3 is 9.80 Å². The third kappa shape index (κ3) is 5.82. The molecule has 0 saturated heterocycles. The standard InChI is InChI=1S/C45H36N2/c1-33-15-17-36(18-16-33)37-19-23-41(24-20-37)47(45-26-22-35-10-6-8-12-39(35)32-45)43-29-27-42(28-30-43)46(40-13-3-2-4-14-40)44-25-21-34-9-5-7-11-38(34)31-44/h2-31,39H,32H2,1H3.